The Balaban J connectivity index is 1.21. The van der Waals surface area contributed by atoms with Crippen LogP contribution in [0.3, 0.4) is 0 Å². The summed E-state index contributed by atoms with van der Waals surface area (Å²) >= 11 is 0. The van der Waals surface area contributed by atoms with Gasteiger partial charge in [-0.05, 0) is 93.0 Å². The van der Waals surface area contributed by atoms with E-state index in [-0.39, 0.29) is 0 Å². The van der Waals surface area contributed by atoms with Gasteiger partial charge in [0.15, 0.2) is 0 Å². The van der Waals surface area contributed by atoms with Gasteiger partial charge in [-0.3, -0.25) is 0 Å². The van der Waals surface area contributed by atoms with E-state index in [2.05, 4.69) is 137 Å². The smallest absolute Gasteiger partial charge is 0.127 e. The first kappa shape index (κ1) is 34.3. The molecule has 2 heterocycles. The second-order valence-corrected chi connectivity index (χ2v) is 15.0. The maximum Gasteiger partial charge on any atom is 0.127 e. The quantitative estimate of drug-likeness (QED) is 0.166. The maximum absolute atomic E-state index is 16.7. The van der Waals surface area contributed by atoms with Crippen LogP contribution in [0, 0.1) is 17.1 Å². The molecule has 0 aliphatic rings. The summed E-state index contributed by atoms with van der Waals surface area (Å²) in [5.41, 5.74) is 13.5. The number of fused-ring (bicyclic) bond motifs is 6. The van der Waals surface area contributed by atoms with Gasteiger partial charge in [0.2, 0.25) is 0 Å². The van der Waals surface area contributed by atoms with E-state index in [1.807, 2.05) is 72.8 Å². The minimum atomic E-state index is -0.431. The van der Waals surface area contributed by atoms with Crippen molar-refractivity contribution in [2.45, 2.75) is 0 Å². The summed E-state index contributed by atoms with van der Waals surface area (Å²) in [4.78, 5) is 0. The lowest BCUT2D eigenvalue weighted by molar-refractivity contribution is 0.626. The molecule has 0 radical (unpaired) electrons. The lowest BCUT2D eigenvalue weighted by Gasteiger charge is -2.17. The molecule has 0 fully saturated rings. The van der Waals surface area contributed by atoms with Gasteiger partial charge < -0.3 is 9.13 Å². The average molecular weight is 756 g/mol. The highest BCUT2D eigenvalue weighted by Gasteiger charge is 2.23. The van der Waals surface area contributed by atoms with E-state index < -0.39 is 5.82 Å². The van der Waals surface area contributed by atoms with Gasteiger partial charge in [-0.15, -0.1) is 0 Å². The number of rotatable bonds is 6. The van der Waals surface area contributed by atoms with Crippen LogP contribution in [0.2, 0.25) is 0 Å². The minimum Gasteiger partial charge on any atom is -0.308 e. The van der Waals surface area contributed by atoms with Gasteiger partial charge in [0.05, 0.1) is 33.4 Å². The highest BCUT2D eigenvalue weighted by atomic mass is 19.1. The Morgan fingerprint density at radius 1 is 0.322 bits per heavy atom. The van der Waals surface area contributed by atoms with E-state index in [0.29, 0.717) is 16.9 Å². The molecule has 0 amide bonds. The predicted octanol–water partition coefficient (Wildman–Crippen LogP) is 14.6. The van der Waals surface area contributed by atoms with Crippen molar-refractivity contribution >= 4 is 43.6 Å². The van der Waals surface area contributed by atoms with Crippen LogP contribution in [0.15, 0.2) is 206 Å². The molecule has 0 saturated heterocycles. The lowest BCUT2D eigenvalue weighted by atomic mass is 10.0. The third-order valence-electron chi connectivity index (χ3n) is 11.6. The van der Waals surface area contributed by atoms with Crippen molar-refractivity contribution in [3.05, 3.63) is 218 Å². The van der Waals surface area contributed by atoms with Crippen molar-refractivity contribution < 1.29 is 4.39 Å². The van der Waals surface area contributed by atoms with Crippen molar-refractivity contribution in [1.29, 1.82) is 5.26 Å². The van der Waals surface area contributed by atoms with E-state index >= 15 is 4.39 Å². The molecule has 0 spiro atoms. The zero-order valence-corrected chi connectivity index (χ0v) is 31.8. The molecule has 0 N–H and O–H groups in total. The van der Waals surface area contributed by atoms with Gasteiger partial charge >= 0.3 is 0 Å². The Morgan fingerprint density at radius 3 is 1.02 bits per heavy atom. The molecule has 0 aliphatic heterocycles. The van der Waals surface area contributed by atoms with Crippen LogP contribution in [-0.4, -0.2) is 9.13 Å². The number of hydrogen-bond acceptors (Lipinski definition) is 1. The zero-order chi connectivity index (χ0) is 39.5. The van der Waals surface area contributed by atoms with Crippen LogP contribution in [0.1, 0.15) is 5.56 Å². The maximum atomic E-state index is 16.7. The fourth-order valence-electron chi connectivity index (χ4n) is 8.85. The Labute approximate surface area is 340 Å². The van der Waals surface area contributed by atoms with Gasteiger partial charge in [-0.25, -0.2) is 4.39 Å². The summed E-state index contributed by atoms with van der Waals surface area (Å²) in [5.74, 6) is -0.431. The van der Waals surface area contributed by atoms with Gasteiger partial charge in [-0.1, -0.05) is 158 Å². The molecule has 0 bridgehead atoms. The standard InChI is InChI=1S/C55H34FN3/c56-44-33-54(58-50-27-23-40(36-13-5-1-6-14-36)29-47(50)45-25-21-42(31-52(45)58)38-17-9-3-10-18-38)49(35-57)55(34-44)59-51-28-24-41(37-15-7-2-8-16-37)30-48(51)46-26-22-43(32-53(46)59)39-19-11-4-12-20-39/h1-34H. The molecular formula is C55H34FN3. The molecular weight excluding hydrogens is 722 g/mol. The number of nitrogens with zero attached hydrogens (tertiary/aromatic N) is 3. The zero-order valence-electron chi connectivity index (χ0n) is 31.8. The first-order valence-electron chi connectivity index (χ1n) is 19.8. The highest BCUT2D eigenvalue weighted by Crippen LogP contribution is 2.42. The van der Waals surface area contributed by atoms with E-state index in [1.165, 1.54) is 12.1 Å². The number of halogens is 1. The van der Waals surface area contributed by atoms with Gasteiger partial charge in [0, 0.05) is 21.5 Å². The largest absolute Gasteiger partial charge is 0.308 e. The molecule has 11 rings (SSSR count). The fraction of sp³-hybridized carbons (Fsp3) is 0. The van der Waals surface area contributed by atoms with E-state index in [0.717, 1.165) is 88.1 Å². The molecule has 11 aromatic rings. The lowest BCUT2D eigenvalue weighted by Crippen LogP contribution is -2.05. The number of hydrogen-bond donors (Lipinski definition) is 0. The average Bonchev–Trinajstić information content (AvgIpc) is 3.81. The van der Waals surface area contributed by atoms with E-state index in [1.54, 1.807) is 0 Å². The molecule has 0 aliphatic carbocycles. The van der Waals surface area contributed by atoms with E-state index in [9.17, 15) is 5.26 Å². The SMILES string of the molecule is N#Cc1c(-n2c3ccc(-c4ccccc4)cc3c3ccc(-c4ccccc4)cc32)cc(F)cc1-n1c2ccc(-c3ccccc3)cc2c2ccc(-c3ccccc3)cc21. The Bertz CT molecular complexity index is 3210. The second-order valence-electron chi connectivity index (χ2n) is 15.0. The normalized spacial score (nSPS) is 11.5. The van der Waals surface area contributed by atoms with Crippen molar-refractivity contribution in [1.82, 2.24) is 9.13 Å². The Hall–Kier alpha value is -8.00. The van der Waals surface area contributed by atoms with Gasteiger partial charge in [-0.2, -0.15) is 5.26 Å². The molecule has 0 unspecified atom stereocenters. The van der Waals surface area contributed by atoms with Gasteiger partial charge in [0.25, 0.3) is 0 Å². The van der Waals surface area contributed by atoms with Crippen LogP contribution in [-0.2, 0) is 0 Å². The monoisotopic (exact) mass is 755 g/mol. The Morgan fingerprint density at radius 2 is 0.661 bits per heavy atom. The molecule has 9 aromatic carbocycles. The molecule has 3 nitrogen and oxygen atoms in total. The summed E-state index contributed by atoms with van der Waals surface area (Å²) in [7, 11) is 0. The van der Waals surface area contributed by atoms with Crippen molar-refractivity contribution in [3.63, 3.8) is 0 Å². The van der Waals surface area contributed by atoms with E-state index in [4.69, 9.17) is 0 Å². The summed E-state index contributed by atoms with van der Waals surface area (Å²) in [6.07, 6.45) is 0. The molecule has 4 heteroatoms. The first-order chi connectivity index (χ1) is 29.1. The second kappa shape index (κ2) is 13.9. The number of nitriles is 1. The molecule has 59 heavy (non-hydrogen) atoms. The van der Waals surface area contributed by atoms with Crippen LogP contribution in [0.5, 0.6) is 0 Å². The summed E-state index contributed by atoms with van der Waals surface area (Å²) in [6.45, 7) is 0. The molecule has 2 aromatic heterocycles. The summed E-state index contributed by atoms with van der Waals surface area (Å²) < 4.78 is 20.8. The third kappa shape index (κ3) is 5.71. The molecule has 276 valence electrons. The topological polar surface area (TPSA) is 33.6 Å². The van der Waals surface area contributed by atoms with Crippen LogP contribution >= 0.6 is 0 Å². The number of aromatic nitrogens is 2. The molecule has 0 saturated carbocycles. The Kier molecular flexibility index (Phi) is 8.06. The van der Waals surface area contributed by atoms with Crippen LogP contribution in [0.4, 0.5) is 4.39 Å². The summed E-state index contributed by atoms with van der Waals surface area (Å²) in [6, 6.07) is 72.6. The fourth-order valence-corrected chi connectivity index (χ4v) is 8.85. The minimum absolute atomic E-state index is 0.374. The number of benzene rings is 9. The third-order valence-corrected chi connectivity index (χ3v) is 11.6. The van der Waals surface area contributed by atoms with Crippen molar-refractivity contribution in [3.8, 4) is 62.0 Å². The van der Waals surface area contributed by atoms with Gasteiger partial charge in [0.1, 0.15) is 17.4 Å². The highest BCUT2D eigenvalue weighted by molar-refractivity contribution is 6.13. The van der Waals surface area contributed by atoms with Crippen molar-refractivity contribution in [2.24, 2.45) is 0 Å². The molecule has 0 atom stereocenters. The summed E-state index contributed by atoms with van der Waals surface area (Å²) in [5, 5.41) is 15.4. The van der Waals surface area contributed by atoms with Crippen LogP contribution < -0.4 is 0 Å². The van der Waals surface area contributed by atoms with Crippen molar-refractivity contribution in [2.75, 3.05) is 0 Å². The van der Waals surface area contributed by atoms with Crippen LogP contribution in [0.25, 0.3) is 99.5 Å². The first-order valence-corrected chi connectivity index (χ1v) is 19.8. The predicted molar refractivity (Wildman–Crippen MR) is 242 cm³/mol.